The molecule has 5 rings (SSSR count). The van der Waals surface area contributed by atoms with Gasteiger partial charge in [-0.05, 0) is 71.8 Å². The average molecular weight is 512 g/mol. The molecular weight excluding hydrogens is 481 g/mol. The van der Waals surface area contributed by atoms with Gasteiger partial charge >= 0.3 is 0 Å². The second-order valence-corrected chi connectivity index (χ2v) is 9.83. The van der Waals surface area contributed by atoms with Crippen LogP contribution in [0.1, 0.15) is 49.0 Å². The quantitative estimate of drug-likeness (QED) is 0.240. The number of nitrogens with zero attached hydrogens (tertiary/aromatic N) is 1. The minimum absolute atomic E-state index is 0.0426. The summed E-state index contributed by atoms with van der Waals surface area (Å²) in [5.41, 5.74) is 4.08. The first-order chi connectivity index (χ1) is 18.4. The fraction of sp³-hybridized carbons (Fsp3) is 0.219. The number of aromatic hydroxyl groups is 2. The lowest BCUT2D eigenvalue weighted by Gasteiger charge is -2.30. The molecule has 0 radical (unpaired) electrons. The van der Waals surface area contributed by atoms with Crippen molar-refractivity contribution in [3.63, 3.8) is 0 Å². The monoisotopic (exact) mass is 511 g/mol. The zero-order valence-electron chi connectivity index (χ0n) is 20.9. The summed E-state index contributed by atoms with van der Waals surface area (Å²) in [5.74, 6) is -0.606. The summed E-state index contributed by atoms with van der Waals surface area (Å²) in [6.45, 7) is 0. The van der Waals surface area contributed by atoms with E-state index in [1.54, 1.807) is 23.1 Å². The van der Waals surface area contributed by atoms with E-state index in [4.69, 9.17) is 0 Å². The van der Waals surface area contributed by atoms with Crippen molar-refractivity contribution in [2.45, 2.75) is 37.8 Å². The van der Waals surface area contributed by atoms with Gasteiger partial charge in [-0.3, -0.25) is 4.79 Å². The zero-order chi connectivity index (χ0) is 26.6. The third kappa shape index (κ3) is 5.41. The standard InChI is InChI=1S/C32H30FNO4/c33-25-13-9-23(10-14-25)29(36)8-4-7-24-19-31(38)34(32(24)28-18-17-27(35)20-30(28)37)26-15-11-22(12-16-26)21-5-2-1-3-6-21/h1-3,5-6,9-18,20,24,29,32,35-37H,4,7-8,19H2/t24-,29-,32-/m0/s1. The van der Waals surface area contributed by atoms with Crippen LogP contribution in [0, 0.1) is 11.7 Å². The van der Waals surface area contributed by atoms with Gasteiger partial charge in [0.05, 0.1) is 12.1 Å². The molecule has 1 aliphatic rings. The molecule has 6 heteroatoms. The second kappa shape index (κ2) is 11.1. The van der Waals surface area contributed by atoms with Gasteiger partial charge in [0.2, 0.25) is 5.91 Å². The lowest BCUT2D eigenvalue weighted by atomic mass is 9.87. The van der Waals surface area contributed by atoms with E-state index in [1.807, 2.05) is 54.6 Å². The molecule has 0 saturated carbocycles. The fourth-order valence-corrected chi connectivity index (χ4v) is 5.41. The summed E-state index contributed by atoms with van der Waals surface area (Å²) in [4.78, 5) is 15.1. The SMILES string of the molecule is O=C1C[C@H](CCC[C@H](O)c2ccc(F)cc2)[C@@H](c2ccc(O)cc2O)N1c1ccc(-c2ccccc2)cc1. The number of carbonyl (C=O) groups is 1. The zero-order valence-corrected chi connectivity index (χ0v) is 20.9. The molecule has 0 spiro atoms. The molecule has 0 aromatic heterocycles. The molecule has 1 fully saturated rings. The molecule has 1 heterocycles. The third-order valence-electron chi connectivity index (χ3n) is 7.32. The van der Waals surface area contributed by atoms with Crippen molar-refractivity contribution in [1.82, 2.24) is 0 Å². The van der Waals surface area contributed by atoms with E-state index in [0.29, 0.717) is 36.8 Å². The van der Waals surface area contributed by atoms with Gasteiger partial charge in [0.15, 0.2) is 0 Å². The Kier molecular flexibility index (Phi) is 7.43. The van der Waals surface area contributed by atoms with Crippen LogP contribution >= 0.6 is 0 Å². The van der Waals surface area contributed by atoms with Gasteiger partial charge in [-0.1, -0.05) is 61.0 Å². The van der Waals surface area contributed by atoms with Crippen LogP contribution in [0.15, 0.2) is 97.1 Å². The Balaban J connectivity index is 1.38. The van der Waals surface area contributed by atoms with Gasteiger partial charge in [0.25, 0.3) is 0 Å². The van der Waals surface area contributed by atoms with Crippen molar-refractivity contribution >= 4 is 11.6 Å². The number of hydrogen-bond donors (Lipinski definition) is 3. The first kappa shape index (κ1) is 25.5. The molecule has 1 saturated heterocycles. The minimum atomic E-state index is -0.727. The predicted octanol–water partition coefficient (Wildman–Crippen LogP) is 6.90. The first-order valence-corrected chi connectivity index (χ1v) is 12.8. The summed E-state index contributed by atoms with van der Waals surface area (Å²) in [7, 11) is 0. The van der Waals surface area contributed by atoms with E-state index in [1.165, 1.54) is 24.3 Å². The molecule has 5 nitrogen and oxygen atoms in total. The normalized spacial score (nSPS) is 18.1. The highest BCUT2D eigenvalue weighted by Crippen LogP contribution is 2.47. The third-order valence-corrected chi connectivity index (χ3v) is 7.32. The summed E-state index contributed by atoms with van der Waals surface area (Å²) >= 11 is 0. The molecular formula is C32H30FNO4. The van der Waals surface area contributed by atoms with Crippen molar-refractivity contribution in [1.29, 1.82) is 0 Å². The lowest BCUT2D eigenvalue weighted by molar-refractivity contribution is -0.117. The number of phenols is 2. The number of rotatable bonds is 8. The van der Waals surface area contributed by atoms with Crippen LogP contribution in [0.5, 0.6) is 11.5 Å². The van der Waals surface area contributed by atoms with E-state index < -0.39 is 12.1 Å². The van der Waals surface area contributed by atoms with E-state index in [-0.39, 0.29) is 29.1 Å². The smallest absolute Gasteiger partial charge is 0.227 e. The van der Waals surface area contributed by atoms with Gasteiger partial charge in [0, 0.05) is 23.7 Å². The van der Waals surface area contributed by atoms with E-state index in [0.717, 1.165) is 16.8 Å². The predicted molar refractivity (Wildman–Crippen MR) is 145 cm³/mol. The molecule has 3 atom stereocenters. The van der Waals surface area contributed by atoms with E-state index in [2.05, 4.69) is 0 Å². The molecule has 0 aliphatic carbocycles. The van der Waals surface area contributed by atoms with Crippen LogP contribution in [-0.4, -0.2) is 21.2 Å². The molecule has 0 unspecified atom stereocenters. The minimum Gasteiger partial charge on any atom is -0.508 e. The van der Waals surface area contributed by atoms with Crippen LogP contribution in [0.25, 0.3) is 11.1 Å². The number of halogens is 1. The molecule has 0 bridgehead atoms. The highest BCUT2D eigenvalue weighted by molar-refractivity contribution is 5.97. The molecule has 4 aromatic carbocycles. The fourth-order valence-electron chi connectivity index (χ4n) is 5.41. The maximum atomic E-state index is 13.4. The number of carbonyl (C=O) groups excluding carboxylic acids is 1. The Morgan fingerprint density at radius 3 is 2.24 bits per heavy atom. The van der Waals surface area contributed by atoms with Crippen molar-refractivity contribution in [3.05, 3.63) is 114 Å². The van der Waals surface area contributed by atoms with Crippen molar-refractivity contribution in [3.8, 4) is 22.6 Å². The van der Waals surface area contributed by atoms with Gasteiger partial charge < -0.3 is 20.2 Å². The van der Waals surface area contributed by atoms with E-state index >= 15 is 0 Å². The van der Waals surface area contributed by atoms with Gasteiger partial charge in [-0.15, -0.1) is 0 Å². The molecule has 1 aliphatic heterocycles. The maximum absolute atomic E-state index is 13.4. The number of aliphatic hydroxyl groups excluding tert-OH is 1. The van der Waals surface area contributed by atoms with Crippen LogP contribution < -0.4 is 4.90 Å². The topological polar surface area (TPSA) is 81.0 Å². The summed E-state index contributed by atoms with van der Waals surface area (Å²) in [6, 6.07) is 27.7. The van der Waals surface area contributed by atoms with Gasteiger partial charge in [-0.2, -0.15) is 0 Å². The summed E-state index contributed by atoms with van der Waals surface area (Å²) in [5, 5.41) is 31.2. The lowest BCUT2D eigenvalue weighted by Crippen LogP contribution is -2.28. The highest BCUT2D eigenvalue weighted by atomic mass is 19.1. The van der Waals surface area contributed by atoms with Gasteiger partial charge in [0.1, 0.15) is 17.3 Å². The Labute approximate surface area is 221 Å². The van der Waals surface area contributed by atoms with Crippen LogP contribution in [-0.2, 0) is 4.79 Å². The maximum Gasteiger partial charge on any atom is 0.227 e. The van der Waals surface area contributed by atoms with Crippen LogP contribution in [0.2, 0.25) is 0 Å². The number of hydrogen-bond acceptors (Lipinski definition) is 4. The molecule has 38 heavy (non-hydrogen) atoms. The Bertz CT molecular complexity index is 1390. The molecule has 4 aromatic rings. The first-order valence-electron chi connectivity index (χ1n) is 12.8. The Hall–Kier alpha value is -4.16. The Morgan fingerprint density at radius 2 is 1.55 bits per heavy atom. The van der Waals surface area contributed by atoms with Gasteiger partial charge in [-0.25, -0.2) is 4.39 Å². The van der Waals surface area contributed by atoms with Crippen molar-refractivity contribution in [2.24, 2.45) is 5.92 Å². The molecule has 3 N–H and O–H groups in total. The average Bonchev–Trinajstić information content (AvgIpc) is 3.25. The van der Waals surface area contributed by atoms with Crippen molar-refractivity contribution < 1.29 is 24.5 Å². The highest BCUT2D eigenvalue weighted by Gasteiger charge is 2.42. The number of aliphatic hydroxyl groups is 1. The number of anilines is 1. The number of phenolic OH excluding ortho intramolecular Hbond substituents is 2. The molecule has 194 valence electrons. The number of amides is 1. The Morgan fingerprint density at radius 1 is 0.868 bits per heavy atom. The molecule has 1 amide bonds. The van der Waals surface area contributed by atoms with Crippen LogP contribution in [0.4, 0.5) is 10.1 Å². The number of benzene rings is 4. The summed E-state index contributed by atoms with van der Waals surface area (Å²) < 4.78 is 13.2. The second-order valence-electron chi connectivity index (χ2n) is 9.83. The van der Waals surface area contributed by atoms with Crippen molar-refractivity contribution in [2.75, 3.05) is 4.90 Å². The van der Waals surface area contributed by atoms with E-state index in [9.17, 15) is 24.5 Å². The largest absolute Gasteiger partial charge is 0.508 e. The van der Waals surface area contributed by atoms with Crippen LogP contribution in [0.3, 0.4) is 0 Å². The summed E-state index contributed by atoms with van der Waals surface area (Å²) in [6.07, 6.45) is 1.34.